The van der Waals surface area contributed by atoms with Gasteiger partial charge in [0.05, 0.1) is 10.6 Å². The zero-order chi connectivity index (χ0) is 17.6. The van der Waals surface area contributed by atoms with E-state index in [0.717, 1.165) is 11.1 Å². The second kappa shape index (κ2) is 7.64. The van der Waals surface area contributed by atoms with Gasteiger partial charge in [0.2, 0.25) is 0 Å². The molecule has 0 radical (unpaired) electrons. The van der Waals surface area contributed by atoms with E-state index in [-0.39, 0.29) is 5.56 Å². The largest absolute Gasteiger partial charge is 0.326 e. The molecule has 3 amide bonds. The van der Waals surface area contributed by atoms with Crippen LogP contribution < -0.4 is 10.6 Å². The zero-order valence-corrected chi connectivity index (χ0v) is 14.0. The van der Waals surface area contributed by atoms with Gasteiger partial charge < -0.3 is 5.32 Å². The number of imide groups is 1. The molecule has 0 aliphatic heterocycles. The normalized spacial score (nSPS) is 10.1. The van der Waals surface area contributed by atoms with Crippen LogP contribution in [0.5, 0.6) is 0 Å². The maximum atomic E-state index is 12.0. The molecule has 0 saturated carbocycles. The lowest BCUT2D eigenvalue weighted by Gasteiger charge is -2.08. The third-order valence-electron chi connectivity index (χ3n) is 3.60. The monoisotopic (exact) mass is 350 g/mol. The number of rotatable bonds is 3. The third kappa shape index (κ3) is 4.25. The highest BCUT2D eigenvalue weighted by atomic mass is 35.5. The summed E-state index contributed by atoms with van der Waals surface area (Å²) in [6, 6.07) is 23.2. The van der Waals surface area contributed by atoms with E-state index in [0.29, 0.717) is 10.7 Å². The molecule has 0 heterocycles. The average molecular weight is 351 g/mol. The molecule has 0 spiro atoms. The van der Waals surface area contributed by atoms with Crippen LogP contribution in [0, 0.1) is 0 Å². The maximum absolute atomic E-state index is 12.0. The van der Waals surface area contributed by atoms with Gasteiger partial charge in [-0.2, -0.15) is 0 Å². The van der Waals surface area contributed by atoms with Gasteiger partial charge in [-0.15, -0.1) is 0 Å². The predicted molar refractivity (Wildman–Crippen MR) is 99.8 cm³/mol. The fraction of sp³-hybridized carbons (Fsp3) is 0. The molecule has 3 aromatic rings. The summed E-state index contributed by atoms with van der Waals surface area (Å²) in [7, 11) is 0. The van der Waals surface area contributed by atoms with Gasteiger partial charge in [0.1, 0.15) is 0 Å². The Morgan fingerprint density at radius 1 is 0.720 bits per heavy atom. The number of urea groups is 1. The highest BCUT2D eigenvalue weighted by Gasteiger charge is 2.13. The van der Waals surface area contributed by atoms with Crippen molar-refractivity contribution in [1.82, 2.24) is 5.32 Å². The average Bonchev–Trinajstić information content (AvgIpc) is 2.63. The van der Waals surface area contributed by atoms with E-state index >= 15 is 0 Å². The molecule has 2 N–H and O–H groups in total. The second-order valence-electron chi connectivity index (χ2n) is 5.33. The first kappa shape index (κ1) is 16.7. The summed E-state index contributed by atoms with van der Waals surface area (Å²) in [6.45, 7) is 0. The van der Waals surface area contributed by atoms with Crippen molar-refractivity contribution in [1.29, 1.82) is 0 Å². The van der Waals surface area contributed by atoms with Crippen molar-refractivity contribution in [2.24, 2.45) is 0 Å². The number of anilines is 1. The lowest BCUT2D eigenvalue weighted by Crippen LogP contribution is -2.34. The van der Waals surface area contributed by atoms with Gasteiger partial charge in [0, 0.05) is 5.69 Å². The molecule has 0 aliphatic carbocycles. The van der Waals surface area contributed by atoms with E-state index in [1.165, 1.54) is 0 Å². The van der Waals surface area contributed by atoms with Gasteiger partial charge in [-0.25, -0.2) is 4.79 Å². The molecule has 0 saturated heterocycles. The van der Waals surface area contributed by atoms with E-state index in [1.807, 2.05) is 42.5 Å². The molecule has 3 rings (SSSR count). The van der Waals surface area contributed by atoms with Crippen LogP contribution in [0.15, 0.2) is 78.9 Å². The van der Waals surface area contributed by atoms with Crippen molar-refractivity contribution >= 4 is 29.2 Å². The highest BCUT2D eigenvalue weighted by molar-refractivity contribution is 6.34. The Morgan fingerprint density at radius 2 is 1.32 bits per heavy atom. The highest BCUT2D eigenvalue weighted by Crippen LogP contribution is 2.21. The molecular formula is C20H15ClN2O2. The van der Waals surface area contributed by atoms with Crippen LogP contribution in [0.4, 0.5) is 10.5 Å². The minimum Gasteiger partial charge on any atom is -0.308 e. The first-order valence-corrected chi connectivity index (χ1v) is 8.03. The molecule has 0 unspecified atom stereocenters. The van der Waals surface area contributed by atoms with Gasteiger partial charge in [-0.3, -0.25) is 10.1 Å². The van der Waals surface area contributed by atoms with Crippen LogP contribution in [0.3, 0.4) is 0 Å². The molecule has 0 aliphatic rings. The summed E-state index contributed by atoms with van der Waals surface area (Å²) >= 11 is 5.95. The van der Waals surface area contributed by atoms with Crippen LogP contribution >= 0.6 is 11.6 Å². The van der Waals surface area contributed by atoms with Gasteiger partial charge in [0.25, 0.3) is 5.91 Å². The molecule has 5 heteroatoms. The Balaban J connectivity index is 1.63. The minimum absolute atomic E-state index is 0.249. The van der Waals surface area contributed by atoms with Gasteiger partial charge in [-0.05, 0) is 35.4 Å². The quantitative estimate of drug-likeness (QED) is 0.700. The van der Waals surface area contributed by atoms with Crippen molar-refractivity contribution < 1.29 is 9.59 Å². The molecule has 0 aromatic heterocycles. The van der Waals surface area contributed by atoms with Gasteiger partial charge >= 0.3 is 6.03 Å². The standard InChI is InChI=1S/C20H15ClN2O2/c21-18-9-5-4-8-17(18)19(24)23-20(25)22-16-12-10-15(11-13-16)14-6-2-1-3-7-14/h1-13H,(H2,22,23,24,25). The zero-order valence-electron chi connectivity index (χ0n) is 13.2. The van der Waals surface area contributed by atoms with Crippen LogP contribution in [0.2, 0.25) is 5.02 Å². The Morgan fingerprint density at radius 3 is 2.00 bits per heavy atom. The number of hydrogen-bond acceptors (Lipinski definition) is 2. The van der Waals surface area contributed by atoms with Gasteiger partial charge in [-0.1, -0.05) is 66.2 Å². The molecule has 4 nitrogen and oxygen atoms in total. The maximum Gasteiger partial charge on any atom is 0.326 e. The lowest BCUT2D eigenvalue weighted by molar-refractivity contribution is 0.0967. The fourth-order valence-electron chi connectivity index (χ4n) is 2.35. The molecule has 25 heavy (non-hydrogen) atoms. The first-order chi connectivity index (χ1) is 12.1. The third-order valence-corrected chi connectivity index (χ3v) is 3.93. The fourth-order valence-corrected chi connectivity index (χ4v) is 2.58. The first-order valence-electron chi connectivity index (χ1n) is 7.66. The summed E-state index contributed by atoms with van der Waals surface area (Å²) in [5, 5.41) is 5.18. The van der Waals surface area contributed by atoms with Gasteiger partial charge in [0.15, 0.2) is 0 Å². The minimum atomic E-state index is -0.614. The Bertz CT molecular complexity index is 893. The SMILES string of the molecule is O=C(NC(=O)c1ccccc1Cl)Nc1ccc(-c2ccccc2)cc1. The van der Waals surface area contributed by atoms with Crippen molar-refractivity contribution in [2.45, 2.75) is 0 Å². The Hall–Kier alpha value is -3.11. The second-order valence-corrected chi connectivity index (χ2v) is 5.74. The van der Waals surface area contributed by atoms with E-state index < -0.39 is 11.9 Å². The summed E-state index contributed by atoms with van der Waals surface area (Å²) in [5.74, 6) is -0.552. The van der Waals surface area contributed by atoms with Crippen LogP contribution in [0.1, 0.15) is 10.4 Å². The number of hydrogen-bond donors (Lipinski definition) is 2. The van der Waals surface area contributed by atoms with E-state index in [4.69, 9.17) is 11.6 Å². The van der Waals surface area contributed by atoms with Crippen molar-refractivity contribution in [2.75, 3.05) is 5.32 Å². The van der Waals surface area contributed by atoms with Crippen molar-refractivity contribution in [3.8, 4) is 11.1 Å². The molecular weight excluding hydrogens is 336 g/mol. The van der Waals surface area contributed by atoms with Crippen LogP contribution in [-0.2, 0) is 0 Å². The number of nitrogens with one attached hydrogen (secondary N) is 2. The Kier molecular flexibility index (Phi) is 5.11. The van der Waals surface area contributed by atoms with Crippen molar-refractivity contribution in [3.63, 3.8) is 0 Å². The summed E-state index contributed by atoms with van der Waals surface area (Å²) in [5.41, 5.74) is 2.97. The number of halogens is 1. The molecule has 0 atom stereocenters. The summed E-state index contributed by atoms with van der Waals surface area (Å²) in [6.07, 6.45) is 0. The smallest absolute Gasteiger partial charge is 0.308 e. The van der Waals surface area contributed by atoms with E-state index in [1.54, 1.807) is 36.4 Å². The van der Waals surface area contributed by atoms with E-state index in [9.17, 15) is 9.59 Å². The Labute approximate surface area is 150 Å². The topological polar surface area (TPSA) is 58.2 Å². The number of carbonyl (C=O) groups is 2. The lowest BCUT2D eigenvalue weighted by atomic mass is 10.1. The van der Waals surface area contributed by atoms with Crippen LogP contribution in [0.25, 0.3) is 11.1 Å². The molecule has 124 valence electrons. The van der Waals surface area contributed by atoms with Crippen LogP contribution in [-0.4, -0.2) is 11.9 Å². The molecule has 3 aromatic carbocycles. The summed E-state index contributed by atoms with van der Waals surface area (Å²) < 4.78 is 0. The van der Waals surface area contributed by atoms with E-state index in [2.05, 4.69) is 10.6 Å². The van der Waals surface area contributed by atoms with Crippen molar-refractivity contribution in [3.05, 3.63) is 89.4 Å². The molecule has 0 fully saturated rings. The molecule has 0 bridgehead atoms. The summed E-state index contributed by atoms with van der Waals surface area (Å²) in [4.78, 5) is 24.0. The number of benzene rings is 3. The number of carbonyl (C=O) groups excluding carboxylic acids is 2. The number of amides is 3. The predicted octanol–water partition coefficient (Wildman–Crippen LogP) is 4.97.